The van der Waals surface area contributed by atoms with Crippen LogP contribution in [-0.2, 0) is 19.3 Å². The van der Waals surface area contributed by atoms with Gasteiger partial charge >= 0.3 is 0 Å². The van der Waals surface area contributed by atoms with Crippen molar-refractivity contribution in [3.05, 3.63) is 167 Å². The molecular weight excluding hydrogens is 677 g/mol. The van der Waals surface area contributed by atoms with Crippen molar-refractivity contribution in [2.45, 2.75) is 39.5 Å². The van der Waals surface area contributed by atoms with Crippen LogP contribution in [-0.4, -0.2) is 29.1 Å². The Balaban J connectivity index is 1.16. The number of hydrogen-bond acceptors (Lipinski definition) is 3. The summed E-state index contributed by atoms with van der Waals surface area (Å²) in [5, 5.41) is 24.2. The predicted molar refractivity (Wildman–Crippen MR) is 223 cm³/mol. The molecule has 0 atom stereocenters. The first-order valence-corrected chi connectivity index (χ1v) is 19.1. The minimum atomic E-state index is 0.266. The second kappa shape index (κ2) is 11.9. The second-order valence-electron chi connectivity index (χ2n) is 15.3. The van der Waals surface area contributed by atoms with Gasteiger partial charge in [-0.15, -0.1) is 0 Å². The fraction of sp³-hybridized carbons (Fsp3) is 0.122. The number of aromatic nitrogens is 4. The quantitative estimate of drug-likeness (QED) is 0.191. The Morgan fingerprint density at radius 1 is 0.582 bits per heavy atom. The van der Waals surface area contributed by atoms with Crippen LogP contribution in [0.1, 0.15) is 45.5 Å². The highest BCUT2D eigenvalue weighted by atomic mass is 16.3. The van der Waals surface area contributed by atoms with Gasteiger partial charge in [0.1, 0.15) is 17.3 Å². The Morgan fingerprint density at radius 2 is 1.29 bits per heavy atom. The maximum absolute atomic E-state index is 10.3. The summed E-state index contributed by atoms with van der Waals surface area (Å²) >= 11 is 0. The van der Waals surface area contributed by atoms with E-state index in [1.165, 1.54) is 71.9 Å². The zero-order valence-electron chi connectivity index (χ0n) is 30.7. The Bertz CT molecular complexity index is 3100. The maximum atomic E-state index is 10.3. The first kappa shape index (κ1) is 31.7. The number of fused-ring (bicyclic) bond motifs is 9. The molecular formula is C49H38N4O2. The smallest absolute Gasteiger partial charge is 0.137 e. The Labute approximate surface area is 318 Å². The van der Waals surface area contributed by atoms with Crippen LogP contribution in [0, 0.1) is 13.8 Å². The fourth-order valence-electron chi connectivity index (χ4n) is 9.20. The summed E-state index contributed by atoms with van der Waals surface area (Å²) in [5.74, 6) is 1.50. The SMILES string of the molecule is Cc1ccnc(-n2c3c(c4cc5c(cc42)-c2cc4c(cc2CC5)c2cc(-c5cccc(O)c5)ccc2n4-n2ccc(C)c2)C=C(c2cccc(O)c2)CC3)c1. The van der Waals surface area contributed by atoms with E-state index in [-0.39, 0.29) is 5.75 Å². The van der Waals surface area contributed by atoms with Crippen molar-refractivity contribution in [2.24, 2.45) is 0 Å². The molecule has 0 amide bonds. The van der Waals surface area contributed by atoms with E-state index in [1.807, 2.05) is 30.5 Å². The highest BCUT2D eigenvalue weighted by molar-refractivity contribution is 6.11. The van der Waals surface area contributed by atoms with Gasteiger partial charge in [-0.25, -0.2) is 9.66 Å². The Morgan fingerprint density at radius 3 is 2.04 bits per heavy atom. The molecule has 2 aliphatic rings. The van der Waals surface area contributed by atoms with Crippen LogP contribution < -0.4 is 0 Å². The molecule has 0 aliphatic heterocycles. The monoisotopic (exact) mass is 714 g/mol. The number of phenolic OH excluding ortho intramolecular Hbond substituents is 2. The van der Waals surface area contributed by atoms with Gasteiger partial charge in [-0.05, 0) is 180 Å². The maximum Gasteiger partial charge on any atom is 0.137 e. The van der Waals surface area contributed by atoms with Gasteiger partial charge in [0.15, 0.2) is 0 Å². The van der Waals surface area contributed by atoms with Crippen molar-refractivity contribution in [3.8, 4) is 39.6 Å². The lowest BCUT2D eigenvalue weighted by Gasteiger charge is -2.21. The molecule has 0 unspecified atom stereocenters. The normalized spacial score (nSPS) is 13.6. The molecule has 0 saturated carbocycles. The van der Waals surface area contributed by atoms with E-state index in [2.05, 4.69) is 119 Å². The zero-order valence-corrected chi connectivity index (χ0v) is 30.7. The molecule has 11 rings (SSSR count). The van der Waals surface area contributed by atoms with Crippen LogP contribution >= 0.6 is 0 Å². The van der Waals surface area contributed by atoms with Crippen LogP contribution in [0.3, 0.4) is 0 Å². The molecule has 0 bridgehead atoms. The summed E-state index contributed by atoms with van der Waals surface area (Å²) in [6, 6.07) is 37.9. The number of benzene rings is 5. The summed E-state index contributed by atoms with van der Waals surface area (Å²) in [5.41, 5.74) is 18.0. The zero-order chi connectivity index (χ0) is 36.9. The molecule has 4 aromatic heterocycles. The molecule has 2 N–H and O–H groups in total. The number of phenols is 2. The van der Waals surface area contributed by atoms with Crippen LogP contribution in [0.15, 0.2) is 128 Å². The van der Waals surface area contributed by atoms with Crippen molar-refractivity contribution in [2.75, 3.05) is 0 Å². The van der Waals surface area contributed by atoms with Crippen LogP contribution in [0.5, 0.6) is 11.5 Å². The number of aryl methyl sites for hydroxylation is 4. The predicted octanol–water partition coefficient (Wildman–Crippen LogP) is 11.2. The van der Waals surface area contributed by atoms with E-state index < -0.39 is 0 Å². The van der Waals surface area contributed by atoms with E-state index in [1.54, 1.807) is 12.1 Å². The number of rotatable bonds is 4. The van der Waals surface area contributed by atoms with Crippen molar-refractivity contribution >= 4 is 44.4 Å². The van der Waals surface area contributed by atoms with E-state index in [0.29, 0.717) is 5.75 Å². The average Bonchev–Trinajstić information content (AvgIpc) is 3.86. The van der Waals surface area contributed by atoms with Gasteiger partial charge in [-0.3, -0.25) is 9.24 Å². The molecule has 4 heterocycles. The van der Waals surface area contributed by atoms with E-state index in [9.17, 15) is 10.2 Å². The van der Waals surface area contributed by atoms with Crippen molar-refractivity contribution in [3.63, 3.8) is 0 Å². The van der Waals surface area contributed by atoms with Crippen LogP contribution in [0.4, 0.5) is 0 Å². The van der Waals surface area contributed by atoms with Gasteiger partial charge in [0.25, 0.3) is 0 Å². The Hall–Kier alpha value is -6.79. The summed E-state index contributed by atoms with van der Waals surface area (Å²) in [6.45, 7) is 4.26. The van der Waals surface area contributed by atoms with Crippen LogP contribution in [0.25, 0.3) is 72.4 Å². The van der Waals surface area contributed by atoms with Crippen LogP contribution in [0.2, 0.25) is 0 Å². The third-order valence-corrected chi connectivity index (χ3v) is 11.8. The molecule has 0 radical (unpaired) electrons. The van der Waals surface area contributed by atoms with Crippen molar-refractivity contribution in [1.82, 2.24) is 18.9 Å². The topological polar surface area (TPSA) is 68.1 Å². The molecule has 6 nitrogen and oxygen atoms in total. The largest absolute Gasteiger partial charge is 0.508 e. The molecule has 9 aromatic rings. The molecule has 0 fully saturated rings. The highest BCUT2D eigenvalue weighted by Crippen LogP contribution is 2.45. The minimum Gasteiger partial charge on any atom is -0.508 e. The van der Waals surface area contributed by atoms with Gasteiger partial charge in [0.2, 0.25) is 0 Å². The average molecular weight is 715 g/mol. The molecule has 0 spiro atoms. The molecule has 266 valence electrons. The number of allylic oxidation sites excluding steroid dienone is 1. The summed E-state index contributed by atoms with van der Waals surface area (Å²) in [4.78, 5) is 4.92. The molecule has 5 aromatic carbocycles. The lowest BCUT2D eigenvalue weighted by atomic mass is 9.83. The minimum absolute atomic E-state index is 0.266. The number of aromatic hydroxyl groups is 2. The lowest BCUT2D eigenvalue weighted by Crippen LogP contribution is -2.08. The summed E-state index contributed by atoms with van der Waals surface area (Å²) in [6.07, 6.45) is 12.3. The lowest BCUT2D eigenvalue weighted by molar-refractivity contribution is 0.474. The number of hydrogen-bond donors (Lipinski definition) is 2. The van der Waals surface area contributed by atoms with E-state index in [0.717, 1.165) is 59.2 Å². The number of nitrogens with zero attached hydrogens (tertiary/aromatic N) is 4. The van der Waals surface area contributed by atoms with Crippen molar-refractivity contribution in [1.29, 1.82) is 0 Å². The van der Waals surface area contributed by atoms with Gasteiger partial charge < -0.3 is 10.2 Å². The molecule has 2 aliphatic carbocycles. The van der Waals surface area contributed by atoms with Gasteiger partial charge in [-0.2, -0.15) is 0 Å². The van der Waals surface area contributed by atoms with Gasteiger partial charge in [0.05, 0.1) is 16.6 Å². The number of pyridine rings is 1. The molecule has 55 heavy (non-hydrogen) atoms. The molecule has 6 heteroatoms. The molecule has 0 saturated heterocycles. The summed E-state index contributed by atoms with van der Waals surface area (Å²) in [7, 11) is 0. The highest BCUT2D eigenvalue weighted by Gasteiger charge is 2.27. The second-order valence-corrected chi connectivity index (χ2v) is 15.3. The van der Waals surface area contributed by atoms with Gasteiger partial charge in [0, 0.05) is 46.0 Å². The third kappa shape index (κ3) is 4.98. The fourth-order valence-corrected chi connectivity index (χ4v) is 9.20. The summed E-state index contributed by atoms with van der Waals surface area (Å²) < 4.78 is 6.93. The first-order chi connectivity index (χ1) is 26.9. The standard InChI is InChI=1S/C49H38N4O2/c1-29-15-17-50-49(19-29)52-45-13-11-33(31-5-3-7-37(54)20-31)22-41(45)43-24-35-9-10-36-25-44-42-23-34(32-6-4-8-38(55)21-32)12-14-46(42)53(51-18-16-30(2)28-51)48(44)27-40(36)39(35)26-47(43)52/h3-8,12,14-28,54-55H,9-11,13H2,1-2H3. The third-order valence-electron chi connectivity index (χ3n) is 11.8. The van der Waals surface area contributed by atoms with Crippen molar-refractivity contribution < 1.29 is 10.2 Å². The Kier molecular flexibility index (Phi) is 6.84. The first-order valence-electron chi connectivity index (χ1n) is 19.1. The van der Waals surface area contributed by atoms with E-state index in [4.69, 9.17) is 4.98 Å². The van der Waals surface area contributed by atoms with E-state index >= 15 is 0 Å². The van der Waals surface area contributed by atoms with Gasteiger partial charge in [-0.1, -0.05) is 30.3 Å².